The minimum Gasteiger partial charge on any atom is -0.480 e. The highest BCUT2D eigenvalue weighted by Gasteiger charge is 2.34. The van der Waals surface area contributed by atoms with E-state index in [1.807, 2.05) is 30.2 Å². The van der Waals surface area contributed by atoms with Gasteiger partial charge in [-0.25, -0.2) is 4.79 Å². The van der Waals surface area contributed by atoms with E-state index in [-0.39, 0.29) is 24.7 Å². The lowest BCUT2D eigenvalue weighted by molar-refractivity contribution is -0.139. The van der Waals surface area contributed by atoms with Gasteiger partial charge in [0, 0.05) is 22.7 Å². The van der Waals surface area contributed by atoms with E-state index in [1.54, 1.807) is 17.8 Å². The molecule has 2 amide bonds. The Morgan fingerprint density at radius 2 is 2.12 bits per heavy atom. The van der Waals surface area contributed by atoms with Crippen molar-refractivity contribution in [3.05, 3.63) is 23.2 Å². The van der Waals surface area contributed by atoms with Crippen molar-refractivity contribution >= 4 is 41.1 Å². The first-order valence-electron chi connectivity index (χ1n) is 7.79. The highest BCUT2D eigenvalue weighted by molar-refractivity contribution is 7.98. The highest BCUT2D eigenvalue weighted by atomic mass is 35.5. The first-order valence-corrected chi connectivity index (χ1v) is 9.40. The molecule has 1 aliphatic carbocycles. The Kier molecular flexibility index (Phi) is 6.77. The largest absolute Gasteiger partial charge is 0.480 e. The Bertz CT molecular complexity index is 608. The molecule has 1 saturated carbocycles. The van der Waals surface area contributed by atoms with Gasteiger partial charge in [-0.05, 0) is 43.8 Å². The van der Waals surface area contributed by atoms with Gasteiger partial charge >= 0.3 is 12.0 Å². The molecular weight excluding hydrogens is 350 g/mol. The number of amides is 2. The van der Waals surface area contributed by atoms with Crippen LogP contribution < -0.4 is 10.6 Å². The van der Waals surface area contributed by atoms with E-state index in [4.69, 9.17) is 16.7 Å². The number of urea groups is 1. The molecule has 1 fully saturated rings. The second-order valence-electron chi connectivity index (χ2n) is 5.73. The van der Waals surface area contributed by atoms with Crippen molar-refractivity contribution in [1.82, 2.24) is 10.2 Å². The van der Waals surface area contributed by atoms with Gasteiger partial charge in [0.2, 0.25) is 0 Å². The number of benzene rings is 1. The summed E-state index contributed by atoms with van der Waals surface area (Å²) >= 11 is 7.67. The fourth-order valence-corrected chi connectivity index (χ4v) is 3.64. The van der Waals surface area contributed by atoms with Gasteiger partial charge in [0.15, 0.2) is 0 Å². The summed E-state index contributed by atoms with van der Waals surface area (Å²) < 4.78 is 0. The fourth-order valence-electron chi connectivity index (χ4n) is 2.77. The molecule has 8 heteroatoms. The average Bonchev–Trinajstić information content (AvgIpc) is 2.48. The minimum atomic E-state index is -0.823. The van der Waals surface area contributed by atoms with Crippen LogP contribution in [0.4, 0.5) is 10.5 Å². The van der Waals surface area contributed by atoms with Crippen molar-refractivity contribution in [2.45, 2.75) is 36.7 Å². The summed E-state index contributed by atoms with van der Waals surface area (Å²) in [6.07, 6.45) is 3.47. The molecule has 1 aliphatic rings. The van der Waals surface area contributed by atoms with Crippen molar-refractivity contribution in [2.24, 2.45) is 0 Å². The Balaban J connectivity index is 1.78. The number of likely N-dealkylation sites (N-methyl/N-ethyl adjacent to an activating group) is 1. The quantitative estimate of drug-likeness (QED) is 0.641. The maximum absolute atomic E-state index is 12.0. The first kappa shape index (κ1) is 18.9. The number of carboxylic acid groups (broad SMARTS) is 1. The average molecular weight is 372 g/mol. The third-order valence-electron chi connectivity index (χ3n) is 4.12. The Morgan fingerprint density at radius 3 is 2.67 bits per heavy atom. The molecule has 0 bridgehead atoms. The van der Waals surface area contributed by atoms with Crippen molar-refractivity contribution < 1.29 is 14.7 Å². The standard InChI is InChI=1S/C16H22ClN3O3S/c1-3-20(9-15(21)22)12-6-11(7-12)19-16(23)18-10-4-5-14(24-2)13(17)8-10/h4-5,8,11-12H,3,6-7,9H2,1-2H3,(H,21,22)(H2,18,19,23). The molecule has 0 aromatic heterocycles. The smallest absolute Gasteiger partial charge is 0.319 e. The van der Waals surface area contributed by atoms with Crippen LogP contribution in [0.5, 0.6) is 0 Å². The van der Waals surface area contributed by atoms with Crippen LogP contribution in [0.2, 0.25) is 5.02 Å². The number of hydrogen-bond acceptors (Lipinski definition) is 4. The van der Waals surface area contributed by atoms with Crippen LogP contribution in [0.3, 0.4) is 0 Å². The molecule has 0 atom stereocenters. The Hall–Kier alpha value is -1.44. The zero-order valence-electron chi connectivity index (χ0n) is 13.7. The van der Waals surface area contributed by atoms with Gasteiger partial charge in [-0.2, -0.15) is 0 Å². The number of rotatable bonds is 7. The number of nitrogens with one attached hydrogen (secondary N) is 2. The number of thioether (sulfide) groups is 1. The van der Waals surface area contributed by atoms with Crippen molar-refractivity contribution in [1.29, 1.82) is 0 Å². The van der Waals surface area contributed by atoms with Crippen LogP contribution >= 0.6 is 23.4 Å². The molecule has 24 heavy (non-hydrogen) atoms. The van der Waals surface area contributed by atoms with E-state index < -0.39 is 5.97 Å². The van der Waals surface area contributed by atoms with E-state index in [1.165, 1.54) is 0 Å². The predicted molar refractivity (Wildman–Crippen MR) is 97.1 cm³/mol. The van der Waals surface area contributed by atoms with Crippen LogP contribution in [0.25, 0.3) is 0 Å². The lowest BCUT2D eigenvalue weighted by Gasteiger charge is -2.42. The number of halogens is 1. The highest BCUT2D eigenvalue weighted by Crippen LogP contribution is 2.28. The number of nitrogens with zero attached hydrogens (tertiary/aromatic N) is 1. The van der Waals surface area contributed by atoms with E-state index in [0.29, 0.717) is 17.3 Å². The summed E-state index contributed by atoms with van der Waals surface area (Å²) in [7, 11) is 0. The van der Waals surface area contributed by atoms with Gasteiger partial charge in [0.1, 0.15) is 0 Å². The van der Waals surface area contributed by atoms with Gasteiger partial charge < -0.3 is 15.7 Å². The molecule has 6 nitrogen and oxygen atoms in total. The van der Waals surface area contributed by atoms with Crippen molar-refractivity contribution in [3.8, 4) is 0 Å². The second kappa shape index (κ2) is 8.60. The summed E-state index contributed by atoms with van der Waals surface area (Å²) in [5.41, 5.74) is 0.646. The first-order chi connectivity index (χ1) is 11.4. The van der Waals surface area contributed by atoms with Crippen molar-refractivity contribution in [2.75, 3.05) is 24.7 Å². The van der Waals surface area contributed by atoms with E-state index >= 15 is 0 Å². The topological polar surface area (TPSA) is 81.7 Å². The molecule has 0 spiro atoms. The number of anilines is 1. The fraction of sp³-hybridized carbons (Fsp3) is 0.500. The lowest BCUT2D eigenvalue weighted by atomic mass is 9.85. The van der Waals surface area contributed by atoms with Crippen LogP contribution in [-0.4, -0.2) is 53.4 Å². The molecule has 0 saturated heterocycles. The number of carbonyl (C=O) groups excluding carboxylic acids is 1. The summed E-state index contributed by atoms with van der Waals surface area (Å²) in [4.78, 5) is 25.7. The second-order valence-corrected chi connectivity index (χ2v) is 6.98. The Labute approximate surface area is 150 Å². The van der Waals surface area contributed by atoms with Gasteiger partial charge in [0.05, 0.1) is 11.6 Å². The van der Waals surface area contributed by atoms with Crippen LogP contribution in [0, 0.1) is 0 Å². The third kappa shape index (κ3) is 5.03. The normalized spacial score (nSPS) is 19.7. The van der Waals surface area contributed by atoms with E-state index in [2.05, 4.69) is 10.6 Å². The molecule has 0 heterocycles. The molecule has 1 aromatic carbocycles. The van der Waals surface area contributed by atoms with Crippen molar-refractivity contribution in [3.63, 3.8) is 0 Å². The maximum Gasteiger partial charge on any atom is 0.319 e. The lowest BCUT2D eigenvalue weighted by Crippen LogP contribution is -2.55. The van der Waals surface area contributed by atoms with Crippen LogP contribution in [0.1, 0.15) is 19.8 Å². The van der Waals surface area contributed by atoms with Gasteiger partial charge in [0.25, 0.3) is 0 Å². The van der Waals surface area contributed by atoms with Gasteiger partial charge in [-0.15, -0.1) is 11.8 Å². The third-order valence-corrected chi connectivity index (χ3v) is 5.34. The molecular formula is C16H22ClN3O3S. The molecule has 0 unspecified atom stereocenters. The van der Waals surface area contributed by atoms with Crippen LogP contribution in [0.15, 0.2) is 23.1 Å². The van der Waals surface area contributed by atoms with E-state index in [9.17, 15) is 9.59 Å². The summed E-state index contributed by atoms with van der Waals surface area (Å²) in [5, 5.41) is 15.2. The number of carboxylic acids is 1. The number of hydrogen-bond donors (Lipinski definition) is 3. The SMILES string of the molecule is CCN(CC(=O)O)C1CC(NC(=O)Nc2ccc(SC)c(Cl)c2)C1. The van der Waals surface area contributed by atoms with Gasteiger partial charge in [-0.3, -0.25) is 9.69 Å². The van der Waals surface area contributed by atoms with Gasteiger partial charge in [-0.1, -0.05) is 18.5 Å². The maximum atomic E-state index is 12.0. The molecule has 3 N–H and O–H groups in total. The minimum absolute atomic E-state index is 0.0420. The molecule has 2 rings (SSSR count). The molecule has 1 aromatic rings. The summed E-state index contributed by atoms with van der Waals surface area (Å²) in [5.74, 6) is -0.823. The zero-order valence-corrected chi connectivity index (χ0v) is 15.3. The molecule has 132 valence electrons. The summed E-state index contributed by atoms with van der Waals surface area (Å²) in [6, 6.07) is 5.42. The monoisotopic (exact) mass is 371 g/mol. The molecule has 0 aliphatic heterocycles. The van der Waals surface area contributed by atoms with E-state index in [0.717, 1.165) is 17.7 Å². The van der Waals surface area contributed by atoms with Crippen LogP contribution in [-0.2, 0) is 4.79 Å². The summed E-state index contributed by atoms with van der Waals surface area (Å²) in [6.45, 7) is 2.68. The number of aliphatic carboxylic acids is 1. The Morgan fingerprint density at radius 1 is 1.42 bits per heavy atom. The number of carbonyl (C=O) groups is 2. The predicted octanol–water partition coefficient (Wildman–Crippen LogP) is 3.12. The zero-order chi connectivity index (χ0) is 17.7. The molecule has 0 radical (unpaired) electrons.